The van der Waals surface area contributed by atoms with Gasteiger partial charge in [-0.1, -0.05) is 12.1 Å². The van der Waals surface area contributed by atoms with E-state index in [9.17, 15) is 44.4 Å². The second-order valence-corrected chi connectivity index (χ2v) is 14.4. The van der Waals surface area contributed by atoms with Gasteiger partial charge in [0, 0.05) is 83.1 Å². The number of phenols is 1. The van der Waals surface area contributed by atoms with Crippen molar-refractivity contribution in [3.8, 4) is 50.7 Å². The minimum absolute atomic E-state index is 0.00210. The van der Waals surface area contributed by atoms with E-state index >= 15 is 0 Å². The summed E-state index contributed by atoms with van der Waals surface area (Å²) in [7, 11) is 3.79. The van der Waals surface area contributed by atoms with Crippen LogP contribution in [0.15, 0.2) is 122 Å². The molecule has 0 unspecified atom stereocenters. The summed E-state index contributed by atoms with van der Waals surface area (Å²) < 4.78 is 12.5. The van der Waals surface area contributed by atoms with Crippen LogP contribution in [0.25, 0.3) is 66.8 Å². The average molecular weight is 818 g/mol. The maximum Gasteiger partial charge on any atom is 0.336 e. The molecule has 2 aliphatic carbocycles. The first-order valence-corrected chi connectivity index (χ1v) is 18.9. The summed E-state index contributed by atoms with van der Waals surface area (Å²) in [5.74, 6) is -4.48. The number of rotatable bonds is 10. The molecule has 2 aliphatic heterocycles. The van der Waals surface area contributed by atoms with Crippen LogP contribution in [-0.2, 0) is 6.54 Å². The molecule has 4 aromatic rings. The number of carboxylic acid groups (broad SMARTS) is 3. The number of carbonyl (C=O) groups is 4. The average Bonchev–Trinajstić information content (AvgIpc) is 3.23. The molecule has 0 atom stereocenters. The normalized spacial score (nSPS) is 11.7. The first-order valence-electron chi connectivity index (χ1n) is 18.9. The minimum Gasteiger partial charge on any atom is -0.507 e. The number of amides is 1. The van der Waals surface area contributed by atoms with Crippen LogP contribution < -0.4 is 21.0 Å². The fourth-order valence-electron chi connectivity index (χ4n) is 7.58. The Hall–Kier alpha value is -8.26. The first kappa shape index (κ1) is 39.6. The van der Waals surface area contributed by atoms with Gasteiger partial charge < -0.3 is 39.5 Å². The number of nitrogens with zero attached hydrogens (tertiary/aromatic N) is 2. The lowest BCUT2D eigenvalue weighted by Gasteiger charge is -2.20. The Morgan fingerprint density at radius 2 is 1.26 bits per heavy atom. The number of phenolic OH excluding ortho intramolecular Hbond substituents is 1. The van der Waals surface area contributed by atoms with Gasteiger partial charge in [0.1, 0.15) is 28.4 Å². The van der Waals surface area contributed by atoms with Crippen LogP contribution >= 0.6 is 0 Å². The Morgan fingerprint density at radius 3 is 1.92 bits per heavy atom. The smallest absolute Gasteiger partial charge is 0.336 e. The van der Waals surface area contributed by atoms with Crippen LogP contribution in [0, 0.1) is 0 Å². The molecule has 0 spiro atoms. The molecule has 4 aliphatic rings. The SMILES string of the molecule is CCN=c1ccc2c(-c3ccc(C(=O)NCc4c(O)ccc5c(-c6ccc(C(=O)O)cc6C(=O)O)c6ccc(=O)cc-6oc45)cc3C(=O)O)c3ccc(N(C)C)cc3oc-2c1. The van der Waals surface area contributed by atoms with E-state index in [4.69, 9.17) is 8.83 Å². The highest BCUT2D eigenvalue weighted by Crippen LogP contribution is 2.45. The summed E-state index contributed by atoms with van der Waals surface area (Å²) in [5, 5.41) is 45.8. The number of nitrogens with one attached hydrogen (secondary N) is 1. The Bertz CT molecular complexity index is 3220. The summed E-state index contributed by atoms with van der Waals surface area (Å²) in [6.07, 6.45) is 0. The zero-order valence-electron chi connectivity index (χ0n) is 32.8. The molecule has 1 amide bonds. The number of anilines is 1. The van der Waals surface area contributed by atoms with Gasteiger partial charge in [-0.25, -0.2) is 14.4 Å². The highest BCUT2D eigenvalue weighted by Gasteiger charge is 2.27. The largest absolute Gasteiger partial charge is 0.507 e. The van der Waals surface area contributed by atoms with Gasteiger partial charge in [0.25, 0.3) is 5.91 Å². The van der Waals surface area contributed by atoms with Crippen molar-refractivity contribution in [3.05, 3.63) is 147 Å². The molecule has 0 fully saturated rings. The molecule has 304 valence electrons. The molecule has 0 bridgehead atoms. The van der Waals surface area contributed by atoms with E-state index in [2.05, 4.69) is 10.3 Å². The molecule has 0 saturated carbocycles. The fourth-order valence-corrected chi connectivity index (χ4v) is 7.58. The molecule has 8 rings (SSSR count). The van der Waals surface area contributed by atoms with Crippen LogP contribution in [0.3, 0.4) is 0 Å². The van der Waals surface area contributed by atoms with Crippen molar-refractivity contribution in [1.82, 2.24) is 5.32 Å². The van der Waals surface area contributed by atoms with Crippen LogP contribution in [-0.4, -0.2) is 64.9 Å². The van der Waals surface area contributed by atoms with Gasteiger partial charge in [-0.05, 0) is 90.8 Å². The van der Waals surface area contributed by atoms with Gasteiger partial charge in [-0.3, -0.25) is 14.6 Å². The third-order valence-electron chi connectivity index (χ3n) is 10.5. The monoisotopic (exact) mass is 817 g/mol. The highest BCUT2D eigenvalue weighted by atomic mass is 16.4. The van der Waals surface area contributed by atoms with E-state index in [1.54, 1.807) is 12.1 Å². The molecule has 0 saturated heterocycles. The first-order chi connectivity index (χ1) is 29.2. The van der Waals surface area contributed by atoms with E-state index in [-0.39, 0.29) is 62.6 Å². The fraction of sp³-hybridized carbons (Fsp3) is 0.106. The van der Waals surface area contributed by atoms with Crippen molar-refractivity contribution >= 4 is 51.4 Å². The van der Waals surface area contributed by atoms with E-state index in [1.165, 1.54) is 54.6 Å². The van der Waals surface area contributed by atoms with Gasteiger partial charge in [0.15, 0.2) is 5.43 Å². The molecule has 0 radical (unpaired) electrons. The van der Waals surface area contributed by atoms with Crippen LogP contribution in [0.4, 0.5) is 5.69 Å². The summed E-state index contributed by atoms with van der Waals surface area (Å²) >= 11 is 0. The molecule has 2 heterocycles. The molecule has 4 aromatic carbocycles. The minimum atomic E-state index is -1.40. The Morgan fingerprint density at radius 1 is 0.656 bits per heavy atom. The summed E-state index contributed by atoms with van der Waals surface area (Å²) in [6.45, 7) is 2.12. The predicted molar refractivity (Wildman–Crippen MR) is 227 cm³/mol. The number of fused-ring (bicyclic) bond motifs is 4. The van der Waals surface area contributed by atoms with Crippen LogP contribution in [0.2, 0.25) is 0 Å². The number of aromatic carboxylic acids is 3. The summed E-state index contributed by atoms with van der Waals surface area (Å²) in [6, 6.07) is 25.8. The van der Waals surface area contributed by atoms with Crippen molar-refractivity contribution in [2.75, 3.05) is 25.5 Å². The molecular formula is C47H35N3O11. The maximum atomic E-state index is 13.9. The number of hydrogen-bond acceptors (Lipinski definition) is 10. The van der Waals surface area contributed by atoms with Gasteiger partial charge in [0.2, 0.25) is 0 Å². The maximum absolute atomic E-state index is 13.9. The van der Waals surface area contributed by atoms with Crippen molar-refractivity contribution in [2.24, 2.45) is 4.99 Å². The van der Waals surface area contributed by atoms with Gasteiger partial charge in [0.05, 0.1) is 34.2 Å². The van der Waals surface area contributed by atoms with Gasteiger partial charge in [-0.15, -0.1) is 0 Å². The Labute approximate surface area is 345 Å². The topological polar surface area (TPSA) is 220 Å². The number of benzene rings is 6. The number of aromatic hydroxyl groups is 1. The zero-order valence-corrected chi connectivity index (χ0v) is 32.8. The van der Waals surface area contributed by atoms with Crippen molar-refractivity contribution < 1.29 is 48.4 Å². The second-order valence-electron chi connectivity index (χ2n) is 14.4. The molecule has 0 aromatic heterocycles. The summed E-state index contributed by atoms with van der Waals surface area (Å²) in [4.78, 5) is 70.0. The molecule has 61 heavy (non-hydrogen) atoms. The number of carboxylic acids is 3. The molecular weight excluding hydrogens is 783 g/mol. The van der Waals surface area contributed by atoms with Gasteiger partial charge in [-0.2, -0.15) is 0 Å². The summed E-state index contributed by atoms with van der Waals surface area (Å²) in [5.41, 5.74) is 2.59. The molecule has 5 N–H and O–H groups in total. The van der Waals surface area contributed by atoms with Crippen molar-refractivity contribution in [2.45, 2.75) is 13.5 Å². The lowest BCUT2D eigenvalue weighted by Crippen LogP contribution is -2.23. The Kier molecular flexibility index (Phi) is 10.0. The van der Waals surface area contributed by atoms with E-state index in [1.807, 2.05) is 56.3 Å². The zero-order chi connectivity index (χ0) is 43.3. The quantitative estimate of drug-likeness (QED) is 0.0835. The third-order valence-corrected chi connectivity index (χ3v) is 10.5. The number of hydrogen-bond donors (Lipinski definition) is 5. The predicted octanol–water partition coefficient (Wildman–Crippen LogP) is 7.80. The van der Waals surface area contributed by atoms with E-state index < -0.39 is 29.2 Å². The van der Waals surface area contributed by atoms with E-state index in [0.29, 0.717) is 56.3 Å². The highest BCUT2D eigenvalue weighted by molar-refractivity contribution is 6.11. The van der Waals surface area contributed by atoms with E-state index in [0.717, 1.165) is 11.8 Å². The number of carbonyl (C=O) groups excluding carboxylic acids is 1. The lowest BCUT2D eigenvalue weighted by molar-refractivity contribution is 0.0682. The molecule has 14 heteroatoms. The third kappa shape index (κ3) is 7.16. The van der Waals surface area contributed by atoms with Crippen molar-refractivity contribution in [1.29, 1.82) is 0 Å². The lowest BCUT2D eigenvalue weighted by atomic mass is 9.89. The van der Waals surface area contributed by atoms with Crippen LogP contribution in [0.1, 0.15) is 53.9 Å². The standard InChI is InChI=1S/C47H35N3O11/c1-4-48-25-7-12-30-38(19-25)60-39-20-26(50(2)3)8-13-31(39)41(30)28-10-5-23(17-34(28)46(56)57)44(53)49-22-36-37(52)16-15-33-42(32-14-9-27(51)21-40(32)61-43(33)36)29-11-6-24(45(54)55)18-35(29)47(58)59/h5-21,52H,4,22H2,1-3H3,(H,49,53)(H,54,55)(H,56,57)(H,58,59). The molecule has 14 nitrogen and oxygen atoms in total. The second kappa shape index (κ2) is 15.5. The Balaban J connectivity index is 1.22. The van der Waals surface area contributed by atoms with Crippen molar-refractivity contribution in [3.63, 3.8) is 0 Å². The van der Waals surface area contributed by atoms with Gasteiger partial charge >= 0.3 is 17.9 Å². The van der Waals surface area contributed by atoms with Crippen LogP contribution in [0.5, 0.6) is 5.75 Å².